The van der Waals surface area contributed by atoms with Crippen LogP contribution in [0.25, 0.3) is 0 Å². The molecule has 1 saturated carbocycles. The van der Waals surface area contributed by atoms with Gasteiger partial charge in [-0.3, -0.25) is 4.79 Å². The average Bonchev–Trinajstić information content (AvgIpc) is 2.61. The number of primary amides is 1. The first-order chi connectivity index (χ1) is 12.4. The number of aromatic nitrogens is 1. The van der Waals surface area contributed by atoms with Crippen LogP contribution in [0.3, 0.4) is 0 Å². The van der Waals surface area contributed by atoms with Gasteiger partial charge in [0.1, 0.15) is 5.82 Å². The molecule has 1 amide bonds. The van der Waals surface area contributed by atoms with E-state index in [0.29, 0.717) is 11.4 Å². The molecule has 0 aliphatic heterocycles. The summed E-state index contributed by atoms with van der Waals surface area (Å²) in [6.45, 7) is 0. The summed E-state index contributed by atoms with van der Waals surface area (Å²) in [5, 5.41) is 6.07. The quantitative estimate of drug-likeness (QED) is 0.521. The van der Waals surface area contributed by atoms with Crippen LogP contribution < -0.4 is 27.8 Å². The lowest BCUT2D eigenvalue weighted by Gasteiger charge is -2.30. The number of nitrogens with zero attached hydrogens (tertiary/aromatic N) is 1. The van der Waals surface area contributed by atoms with Crippen molar-refractivity contribution in [3.63, 3.8) is 0 Å². The van der Waals surface area contributed by atoms with Crippen molar-refractivity contribution in [1.29, 1.82) is 0 Å². The van der Waals surface area contributed by atoms with Crippen LogP contribution in [0.2, 0.25) is 0 Å². The second kappa shape index (κ2) is 7.57. The van der Waals surface area contributed by atoms with Gasteiger partial charge in [0.05, 0.1) is 5.56 Å². The van der Waals surface area contributed by atoms with Crippen molar-refractivity contribution in [2.24, 2.45) is 11.5 Å². The van der Waals surface area contributed by atoms with Gasteiger partial charge in [0.15, 0.2) is 11.6 Å². The number of benzene rings is 1. The highest BCUT2D eigenvalue weighted by Gasteiger charge is 2.24. The van der Waals surface area contributed by atoms with Crippen molar-refractivity contribution in [2.45, 2.75) is 37.8 Å². The molecule has 1 aliphatic carbocycles. The van der Waals surface area contributed by atoms with E-state index in [0.717, 1.165) is 31.7 Å². The highest BCUT2D eigenvalue weighted by Crippen LogP contribution is 2.27. The van der Waals surface area contributed by atoms with Crippen LogP contribution in [0.1, 0.15) is 36.0 Å². The summed E-state index contributed by atoms with van der Waals surface area (Å²) < 4.78 is 14.4. The molecule has 1 aliphatic rings. The van der Waals surface area contributed by atoms with Gasteiger partial charge in [-0.05, 0) is 43.2 Å². The minimum absolute atomic E-state index is 0.0298. The Hall–Kier alpha value is -2.87. The van der Waals surface area contributed by atoms with Crippen LogP contribution in [0.15, 0.2) is 30.3 Å². The van der Waals surface area contributed by atoms with E-state index in [9.17, 15) is 9.18 Å². The van der Waals surface area contributed by atoms with Gasteiger partial charge >= 0.3 is 0 Å². The fourth-order valence-electron chi connectivity index (χ4n) is 3.09. The van der Waals surface area contributed by atoms with E-state index < -0.39 is 11.7 Å². The van der Waals surface area contributed by atoms with E-state index in [1.54, 1.807) is 24.3 Å². The third-order valence-electron chi connectivity index (χ3n) is 4.56. The number of carbonyl (C=O) groups is 1. The number of rotatable bonds is 5. The molecule has 2 unspecified atom stereocenters. The molecule has 0 radical (unpaired) electrons. The van der Waals surface area contributed by atoms with Crippen LogP contribution in [0.4, 0.5) is 27.4 Å². The number of nitrogens with one attached hydrogen (secondary N) is 2. The van der Waals surface area contributed by atoms with Gasteiger partial charge in [0.2, 0.25) is 0 Å². The monoisotopic (exact) mass is 358 g/mol. The Morgan fingerprint density at radius 1 is 1.15 bits per heavy atom. The zero-order chi connectivity index (χ0) is 18.7. The van der Waals surface area contributed by atoms with Crippen molar-refractivity contribution in [2.75, 3.05) is 16.4 Å². The van der Waals surface area contributed by atoms with Gasteiger partial charge in [0, 0.05) is 23.5 Å². The molecule has 3 rings (SSSR count). The van der Waals surface area contributed by atoms with Crippen LogP contribution in [-0.2, 0) is 0 Å². The summed E-state index contributed by atoms with van der Waals surface area (Å²) in [5.41, 5.74) is 18.4. The highest BCUT2D eigenvalue weighted by molar-refractivity contribution is 5.98. The summed E-state index contributed by atoms with van der Waals surface area (Å²) >= 11 is 0. The molecule has 2 aromatic rings. The van der Waals surface area contributed by atoms with E-state index in [4.69, 9.17) is 17.2 Å². The standard InChI is InChI=1S/C18H23FN6O/c19-13-9-12(16(22)26)17(23-11-7-5-10(20)6-8-11)25-18(13)24-15-4-2-1-3-14(15)21/h5-9,14-15H,1-4,20-21H2,(H2,22,26)(H2,23,24,25). The highest BCUT2D eigenvalue weighted by atomic mass is 19.1. The third-order valence-corrected chi connectivity index (χ3v) is 4.56. The fraction of sp³-hybridized carbons (Fsp3) is 0.333. The lowest BCUT2D eigenvalue weighted by atomic mass is 9.91. The van der Waals surface area contributed by atoms with Gasteiger partial charge in [0.25, 0.3) is 5.91 Å². The zero-order valence-electron chi connectivity index (χ0n) is 14.3. The maximum absolute atomic E-state index is 14.4. The average molecular weight is 358 g/mol. The molecule has 1 fully saturated rings. The smallest absolute Gasteiger partial charge is 0.252 e. The molecule has 2 atom stereocenters. The van der Waals surface area contributed by atoms with E-state index in [1.807, 2.05) is 0 Å². The summed E-state index contributed by atoms with van der Waals surface area (Å²) in [6, 6.07) is 7.84. The Labute approximate surface area is 151 Å². The zero-order valence-corrected chi connectivity index (χ0v) is 14.3. The van der Waals surface area contributed by atoms with Gasteiger partial charge in [-0.1, -0.05) is 12.8 Å². The second-order valence-electron chi connectivity index (χ2n) is 6.53. The van der Waals surface area contributed by atoms with Crippen molar-refractivity contribution >= 4 is 28.9 Å². The summed E-state index contributed by atoms with van der Waals surface area (Å²) in [6.07, 6.45) is 3.83. The molecular weight excluding hydrogens is 335 g/mol. The van der Waals surface area contributed by atoms with Crippen LogP contribution in [0.5, 0.6) is 0 Å². The minimum Gasteiger partial charge on any atom is -0.399 e. The van der Waals surface area contributed by atoms with Crippen LogP contribution in [0, 0.1) is 5.82 Å². The first kappa shape index (κ1) is 17.9. The molecule has 1 heterocycles. The molecule has 8 N–H and O–H groups in total. The van der Waals surface area contributed by atoms with Gasteiger partial charge in [-0.2, -0.15) is 0 Å². The minimum atomic E-state index is -0.768. The lowest BCUT2D eigenvalue weighted by Crippen LogP contribution is -2.43. The number of anilines is 4. The molecule has 1 aromatic carbocycles. The summed E-state index contributed by atoms with van der Waals surface area (Å²) in [5.74, 6) is -1.18. The third kappa shape index (κ3) is 4.02. The number of hydrogen-bond acceptors (Lipinski definition) is 6. The fourth-order valence-corrected chi connectivity index (χ4v) is 3.09. The van der Waals surface area contributed by atoms with Crippen molar-refractivity contribution in [1.82, 2.24) is 4.98 Å². The topological polar surface area (TPSA) is 132 Å². The predicted octanol–water partition coefficient (Wildman–Crippen LogP) is 2.33. The van der Waals surface area contributed by atoms with Crippen molar-refractivity contribution in [3.05, 3.63) is 41.7 Å². The Morgan fingerprint density at radius 2 is 1.85 bits per heavy atom. The Balaban J connectivity index is 1.90. The summed E-state index contributed by atoms with van der Waals surface area (Å²) in [7, 11) is 0. The first-order valence-corrected chi connectivity index (χ1v) is 8.59. The van der Waals surface area contributed by atoms with E-state index >= 15 is 0 Å². The largest absolute Gasteiger partial charge is 0.399 e. The van der Waals surface area contributed by atoms with Gasteiger partial charge < -0.3 is 27.8 Å². The lowest BCUT2D eigenvalue weighted by molar-refractivity contribution is 0.100. The molecule has 0 bridgehead atoms. The number of pyridine rings is 1. The first-order valence-electron chi connectivity index (χ1n) is 8.59. The number of halogens is 1. The summed E-state index contributed by atoms with van der Waals surface area (Å²) in [4.78, 5) is 15.9. The van der Waals surface area contributed by atoms with Crippen LogP contribution >= 0.6 is 0 Å². The van der Waals surface area contributed by atoms with Gasteiger partial charge in [-0.15, -0.1) is 0 Å². The molecule has 0 spiro atoms. The predicted molar refractivity (Wildman–Crippen MR) is 101 cm³/mol. The molecule has 1 aromatic heterocycles. The Bertz CT molecular complexity index is 795. The van der Waals surface area contributed by atoms with Crippen molar-refractivity contribution in [3.8, 4) is 0 Å². The van der Waals surface area contributed by atoms with Crippen molar-refractivity contribution < 1.29 is 9.18 Å². The number of nitrogens with two attached hydrogens (primary N) is 3. The molecule has 8 heteroatoms. The number of carbonyl (C=O) groups excluding carboxylic acids is 1. The molecule has 7 nitrogen and oxygen atoms in total. The molecule has 26 heavy (non-hydrogen) atoms. The normalized spacial score (nSPS) is 19.8. The molecular formula is C18H23FN6O. The van der Waals surface area contributed by atoms with E-state index in [-0.39, 0.29) is 29.3 Å². The van der Waals surface area contributed by atoms with E-state index in [1.165, 1.54) is 0 Å². The Kier molecular flexibility index (Phi) is 5.22. The van der Waals surface area contributed by atoms with E-state index in [2.05, 4.69) is 15.6 Å². The number of nitrogen functional groups attached to an aromatic ring is 1. The number of amides is 1. The SMILES string of the molecule is NC(=O)c1cc(F)c(NC2CCCCC2N)nc1Nc1ccc(N)cc1. The number of hydrogen-bond donors (Lipinski definition) is 5. The maximum atomic E-state index is 14.4. The van der Waals surface area contributed by atoms with Gasteiger partial charge in [-0.25, -0.2) is 9.37 Å². The van der Waals surface area contributed by atoms with Crippen LogP contribution in [-0.4, -0.2) is 23.0 Å². The molecule has 138 valence electrons. The second-order valence-corrected chi connectivity index (χ2v) is 6.53. The molecule has 0 saturated heterocycles. The maximum Gasteiger partial charge on any atom is 0.252 e. The Morgan fingerprint density at radius 3 is 2.50 bits per heavy atom.